The zero-order chi connectivity index (χ0) is 5.98. The number of carbonyl (C=O) groups is 1. The molecule has 1 heterocycles. The molecule has 2 nitrogen and oxygen atoms in total. The van der Waals surface area contributed by atoms with Crippen LogP contribution in [0.3, 0.4) is 0 Å². The molecule has 1 rings (SSSR count). The summed E-state index contributed by atoms with van der Waals surface area (Å²) in [5.41, 5.74) is 0. The third-order valence-corrected chi connectivity index (χ3v) is 2.44. The van der Waals surface area contributed by atoms with Crippen molar-refractivity contribution in [2.45, 2.75) is 6.42 Å². The van der Waals surface area contributed by atoms with Crippen molar-refractivity contribution in [3.05, 3.63) is 0 Å². The first-order valence-electron chi connectivity index (χ1n) is 2.61. The van der Waals surface area contributed by atoms with Gasteiger partial charge in [0.2, 0.25) is 0 Å². The van der Waals surface area contributed by atoms with Gasteiger partial charge in [-0.05, 0) is 12.2 Å². The minimum atomic E-state index is -0.630. The van der Waals surface area contributed by atoms with Crippen molar-refractivity contribution in [3.63, 3.8) is 0 Å². The van der Waals surface area contributed by atoms with Crippen LogP contribution in [0.5, 0.6) is 0 Å². The first kappa shape index (κ1) is 5.95. The van der Waals surface area contributed by atoms with Crippen molar-refractivity contribution in [3.8, 4) is 0 Å². The Morgan fingerprint density at radius 2 is 2.50 bits per heavy atom. The van der Waals surface area contributed by atoms with E-state index >= 15 is 0 Å². The Morgan fingerprint density at radius 3 is 2.75 bits per heavy atom. The lowest BCUT2D eigenvalue weighted by molar-refractivity contribution is -0.140. The lowest BCUT2D eigenvalue weighted by atomic mass is 10.1. The Morgan fingerprint density at radius 1 is 1.75 bits per heavy atom. The quantitative estimate of drug-likeness (QED) is 0.574. The molecule has 8 heavy (non-hydrogen) atoms. The van der Waals surface area contributed by atoms with Gasteiger partial charge in [-0.15, -0.1) is 0 Å². The lowest BCUT2D eigenvalue weighted by Gasteiger charge is -1.96. The summed E-state index contributed by atoms with van der Waals surface area (Å²) in [7, 11) is 0. The molecule has 0 aromatic rings. The van der Waals surface area contributed by atoms with Crippen molar-refractivity contribution in [1.29, 1.82) is 0 Å². The molecule has 0 aromatic heterocycles. The van der Waals surface area contributed by atoms with Crippen LogP contribution in [0, 0.1) is 5.92 Å². The third kappa shape index (κ3) is 1.15. The Bertz CT molecular complexity index is 96.6. The molecule has 0 bridgehead atoms. The Labute approximate surface area is 52.3 Å². The summed E-state index contributed by atoms with van der Waals surface area (Å²) in [6.45, 7) is 0. The van der Waals surface area contributed by atoms with Gasteiger partial charge in [-0.2, -0.15) is 11.8 Å². The molecule has 0 aliphatic carbocycles. The van der Waals surface area contributed by atoms with Gasteiger partial charge in [0, 0.05) is 5.75 Å². The van der Waals surface area contributed by atoms with Crippen LogP contribution in [0.15, 0.2) is 0 Å². The first-order chi connectivity index (χ1) is 3.80. The molecule has 0 saturated carbocycles. The Balaban J connectivity index is 2.35. The molecular weight excluding hydrogens is 124 g/mol. The molecule has 0 aromatic carbocycles. The fourth-order valence-electron chi connectivity index (χ4n) is 0.729. The van der Waals surface area contributed by atoms with Crippen LogP contribution in [0.2, 0.25) is 0 Å². The summed E-state index contributed by atoms with van der Waals surface area (Å²) in [5.74, 6) is 1.15. The zero-order valence-corrected chi connectivity index (χ0v) is 5.28. The van der Waals surface area contributed by atoms with Crippen LogP contribution in [0.1, 0.15) is 6.42 Å². The van der Waals surface area contributed by atoms with Crippen LogP contribution in [0.4, 0.5) is 0 Å². The van der Waals surface area contributed by atoms with E-state index in [1.807, 2.05) is 0 Å². The van der Waals surface area contributed by atoms with Crippen molar-refractivity contribution in [1.82, 2.24) is 0 Å². The molecule has 1 atom stereocenters. The van der Waals surface area contributed by atoms with E-state index in [1.165, 1.54) is 0 Å². The SMILES string of the molecule is O=C(O)[C@H]1CCSC1. The molecule has 1 aliphatic rings. The maximum atomic E-state index is 10.2. The van der Waals surface area contributed by atoms with Crippen LogP contribution in [-0.2, 0) is 4.79 Å². The van der Waals surface area contributed by atoms with E-state index in [0.29, 0.717) is 0 Å². The smallest absolute Gasteiger partial charge is 0.307 e. The molecule has 0 unspecified atom stereocenters. The molecular formula is C5H8O2S. The number of hydrogen-bond acceptors (Lipinski definition) is 2. The van der Waals surface area contributed by atoms with E-state index in [1.54, 1.807) is 11.8 Å². The van der Waals surface area contributed by atoms with Crippen molar-refractivity contribution in [2.24, 2.45) is 5.92 Å². The Kier molecular flexibility index (Phi) is 1.78. The van der Waals surface area contributed by atoms with Crippen LogP contribution < -0.4 is 0 Å². The van der Waals surface area contributed by atoms with E-state index in [0.717, 1.165) is 17.9 Å². The topological polar surface area (TPSA) is 37.3 Å². The number of thioether (sulfide) groups is 1. The summed E-state index contributed by atoms with van der Waals surface area (Å²) in [4.78, 5) is 10.2. The van der Waals surface area contributed by atoms with Crippen molar-refractivity contribution < 1.29 is 9.90 Å². The van der Waals surface area contributed by atoms with Gasteiger partial charge < -0.3 is 5.11 Å². The average Bonchev–Trinajstić information content (AvgIpc) is 2.12. The molecule has 0 spiro atoms. The number of carboxylic acids is 1. The lowest BCUT2D eigenvalue weighted by Crippen LogP contribution is -2.11. The predicted molar refractivity (Wildman–Crippen MR) is 33.1 cm³/mol. The molecule has 1 fully saturated rings. The van der Waals surface area contributed by atoms with Gasteiger partial charge in [0.05, 0.1) is 5.92 Å². The second-order valence-corrected chi connectivity index (χ2v) is 3.05. The molecule has 1 N–H and O–H groups in total. The van der Waals surface area contributed by atoms with E-state index in [9.17, 15) is 4.79 Å². The van der Waals surface area contributed by atoms with Gasteiger partial charge in [-0.3, -0.25) is 4.79 Å². The molecule has 0 radical (unpaired) electrons. The second kappa shape index (κ2) is 2.40. The molecule has 0 amide bonds. The van der Waals surface area contributed by atoms with Crippen molar-refractivity contribution >= 4 is 17.7 Å². The zero-order valence-electron chi connectivity index (χ0n) is 4.46. The maximum Gasteiger partial charge on any atom is 0.307 e. The van der Waals surface area contributed by atoms with Gasteiger partial charge in [-0.1, -0.05) is 0 Å². The summed E-state index contributed by atoms with van der Waals surface area (Å²) in [6, 6.07) is 0. The first-order valence-corrected chi connectivity index (χ1v) is 3.76. The molecule has 3 heteroatoms. The monoisotopic (exact) mass is 132 g/mol. The summed E-state index contributed by atoms with van der Waals surface area (Å²) in [5, 5.41) is 8.40. The summed E-state index contributed by atoms with van der Waals surface area (Å²) >= 11 is 1.73. The average molecular weight is 132 g/mol. The fraction of sp³-hybridized carbons (Fsp3) is 0.800. The van der Waals surface area contributed by atoms with Gasteiger partial charge in [-0.25, -0.2) is 0 Å². The number of carboxylic acid groups (broad SMARTS) is 1. The molecule has 1 aliphatic heterocycles. The van der Waals surface area contributed by atoms with Crippen LogP contribution in [-0.4, -0.2) is 22.6 Å². The third-order valence-electron chi connectivity index (χ3n) is 1.28. The van der Waals surface area contributed by atoms with E-state index in [-0.39, 0.29) is 5.92 Å². The number of aliphatic carboxylic acids is 1. The van der Waals surface area contributed by atoms with Crippen molar-refractivity contribution in [2.75, 3.05) is 11.5 Å². The minimum Gasteiger partial charge on any atom is -0.481 e. The van der Waals surface area contributed by atoms with Gasteiger partial charge >= 0.3 is 5.97 Å². The van der Waals surface area contributed by atoms with E-state index in [2.05, 4.69) is 0 Å². The van der Waals surface area contributed by atoms with E-state index < -0.39 is 5.97 Å². The van der Waals surface area contributed by atoms with Crippen LogP contribution >= 0.6 is 11.8 Å². The predicted octanol–water partition coefficient (Wildman–Crippen LogP) is 0.824. The normalized spacial score (nSPS) is 28.2. The number of hydrogen-bond donors (Lipinski definition) is 1. The highest BCUT2D eigenvalue weighted by molar-refractivity contribution is 7.99. The van der Waals surface area contributed by atoms with Gasteiger partial charge in [0.25, 0.3) is 0 Å². The Hall–Kier alpha value is -0.180. The van der Waals surface area contributed by atoms with Gasteiger partial charge in [0.1, 0.15) is 0 Å². The highest BCUT2D eigenvalue weighted by atomic mass is 32.2. The fourth-order valence-corrected chi connectivity index (χ4v) is 1.94. The number of rotatable bonds is 1. The second-order valence-electron chi connectivity index (χ2n) is 1.90. The minimum absolute atomic E-state index is 0.0556. The van der Waals surface area contributed by atoms with E-state index in [4.69, 9.17) is 5.11 Å². The largest absolute Gasteiger partial charge is 0.481 e. The van der Waals surface area contributed by atoms with Crippen LogP contribution in [0.25, 0.3) is 0 Å². The standard InChI is InChI=1S/C5H8O2S/c6-5(7)4-1-2-8-3-4/h4H,1-3H2,(H,6,7)/t4-/m0/s1. The summed E-state index contributed by atoms with van der Waals surface area (Å²) in [6.07, 6.45) is 0.861. The molecule has 46 valence electrons. The molecule has 1 saturated heterocycles. The highest BCUT2D eigenvalue weighted by Gasteiger charge is 2.21. The highest BCUT2D eigenvalue weighted by Crippen LogP contribution is 2.22. The summed E-state index contributed by atoms with van der Waals surface area (Å²) < 4.78 is 0. The van der Waals surface area contributed by atoms with Gasteiger partial charge in [0.15, 0.2) is 0 Å². The maximum absolute atomic E-state index is 10.2.